The third-order valence-corrected chi connectivity index (χ3v) is 6.94. The Kier molecular flexibility index (Phi) is 7.08. The van der Waals surface area contributed by atoms with E-state index in [9.17, 15) is 19.2 Å². The van der Waals surface area contributed by atoms with E-state index in [4.69, 9.17) is 9.84 Å². The summed E-state index contributed by atoms with van der Waals surface area (Å²) >= 11 is 0. The van der Waals surface area contributed by atoms with Gasteiger partial charge in [0.15, 0.2) is 11.6 Å². The van der Waals surface area contributed by atoms with Crippen LogP contribution in [0.1, 0.15) is 19.8 Å². The minimum absolute atomic E-state index is 0.0245. The lowest BCUT2D eigenvalue weighted by Crippen LogP contribution is -2.30. The lowest BCUT2D eigenvalue weighted by molar-refractivity contribution is -0.119. The summed E-state index contributed by atoms with van der Waals surface area (Å²) in [5, 5.41) is 11.8. The zero-order valence-electron chi connectivity index (χ0n) is 21.2. The summed E-state index contributed by atoms with van der Waals surface area (Å²) in [6, 6.07) is 6.98. The SMILES string of the molecule is CC(=O)CC[C@H]1CN(c2cc(F)c(N3CCn4c(=O)c5cc(NC(=O)CO)ccc5n4CC3)c(F)c2)C(=O)O1. The molecule has 11 nitrogen and oxygen atoms in total. The lowest BCUT2D eigenvalue weighted by Gasteiger charge is -2.24. The molecule has 0 radical (unpaired) electrons. The number of ketones is 1. The third kappa shape index (κ3) is 5.09. The molecule has 13 heteroatoms. The second-order valence-corrected chi connectivity index (χ2v) is 9.59. The van der Waals surface area contributed by atoms with Gasteiger partial charge in [0.05, 0.1) is 36.2 Å². The summed E-state index contributed by atoms with van der Waals surface area (Å²) in [6.07, 6.45) is -0.690. The first-order chi connectivity index (χ1) is 18.7. The van der Waals surface area contributed by atoms with Crippen LogP contribution in [-0.2, 0) is 27.4 Å². The molecule has 3 heterocycles. The standard InChI is InChI=1S/C26H27F2N5O6/c1-15(35)2-4-18-13-31(26(38)39-18)17-11-20(27)24(21(28)12-17)30-6-8-32-22-5-3-16(29-23(36)14-34)10-19(22)25(37)33(32)9-7-30/h3,5,10-12,18,34H,2,4,6-9,13-14H2,1H3,(H,29,36)/t18-/m0/s1. The van der Waals surface area contributed by atoms with Crippen LogP contribution in [0.25, 0.3) is 10.9 Å². The maximum atomic E-state index is 15.3. The van der Waals surface area contributed by atoms with Gasteiger partial charge >= 0.3 is 6.09 Å². The molecule has 0 spiro atoms. The molecule has 5 rings (SSSR count). The first-order valence-electron chi connectivity index (χ1n) is 12.5. The Bertz CT molecular complexity index is 1510. The Morgan fingerprint density at radius 3 is 2.41 bits per heavy atom. The molecular weight excluding hydrogens is 516 g/mol. The number of hydrogen-bond donors (Lipinski definition) is 2. The fourth-order valence-electron chi connectivity index (χ4n) is 5.08. The van der Waals surface area contributed by atoms with Gasteiger partial charge in [-0.05, 0) is 31.5 Å². The van der Waals surface area contributed by atoms with E-state index in [1.54, 1.807) is 16.8 Å². The van der Waals surface area contributed by atoms with E-state index in [0.717, 1.165) is 17.0 Å². The number of halogens is 2. The highest BCUT2D eigenvalue weighted by Gasteiger charge is 2.34. The van der Waals surface area contributed by atoms with Gasteiger partial charge in [-0.25, -0.2) is 18.3 Å². The molecule has 2 aliphatic heterocycles. The number of fused-ring (bicyclic) bond motifs is 3. The smallest absolute Gasteiger partial charge is 0.414 e. The van der Waals surface area contributed by atoms with E-state index in [0.29, 0.717) is 23.0 Å². The van der Waals surface area contributed by atoms with Crippen molar-refractivity contribution >= 4 is 45.7 Å². The van der Waals surface area contributed by atoms with E-state index in [1.165, 1.54) is 22.6 Å². The Morgan fingerprint density at radius 1 is 1.05 bits per heavy atom. The van der Waals surface area contributed by atoms with Crippen molar-refractivity contribution in [3.63, 3.8) is 0 Å². The lowest BCUT2D eigenvalue weighted by atomic mass is 10.1. The van der Waals surface area contributed by atoms with Crippen LogP contribution < -0.4 is 20.7 Å². The van der Waals surface area contributed by atoms with Crippen LogP contribution in [0, 0.1) is 11.6 Å². The van der Waals surface area contributed by atoms with Gasteiger partial charge in [-0.15, -0.1) is 0 Å². The first-order valence-corrected chi connectivity index (χ1v) is 12.5. The number of amides is 2. The van der Waals surface area contributed by atoms with Gasteiger partial charge in [0.1, 0.15) is 24.2 Å². The van der Waals surface area contributed by atoms with Crippen molar-refractivity contribution in [2.24, 2.45) is 0 Å². The monoisotopic (exact) mass is 543 g/mol. The molecule has 2 aromatic carbocycles. The van der Waals surface area contributed by atoms with Crippen molar-refractivity contribution in [2.45, 2.75) is 39.0 Å². The number of carbonyl (C=O) groups excluding carboxylic acids is 3. The maximum absolute atomic E-state index is 15.3. The zero-order chi connectivity index (χ0) is 27.8. The van der Waals surface area contributed by atoms with Crippen LogP contribution in [0.3, 0.4) is 0 Å². The molecule has 0 aliphatic carbocycles. The Labute approximate surface area is 221 Å². The number of aliphatic hydroxyl groups excluding tert-OH is 1. The molecular formula is C26H27F2N5O6. The van der Waals surface area contributed by atoms with E-state index < -0.39 is 36.3 Å². The number of aromatic nitrogens is 2. The van der Waals surface area contributed by atoms with Crippen molar-refractivity contribution in [1.29, 1.82) is 0 Å². The van der Waals surface area contributed by atoms with E-state index in [1.807, 2.05) is 0 Å². The minimum atomic E-state index is -0.849. The molecule has 1 fully saturated rings. The van der Waals surface area contributed by atoms with Crippen LogP contribution in [0.15, 0.2) is 35.1 Å². The fraction of sp³-hybridized carbons (Fsp3) is 0.385. The Morgan fingerprint density at radius 2 is 1.74 bits per heavy atom. The number of hydrogen-bond acceptors (Lipinski definition) is 7. The Balaban J connectivity index is 1.35. The number of Topliss-reactive ketones (excluding diaryl/α,β-unsaturated/α-hetero) is 1. The average molecular weight is 544 g/mol. The van der Waals surface area contributed by atoms with Gasteiger partial charge in [0.25, 0.3) is 5.56 Å². The van der Waals surface area contributed by atoms with E-state index >= 15 is 8.78 Å². The van der Waals surface area contributed by atoms with Crippen LogP contribution >= 0.6 is 0 Å². The molecule has 39 heavy (non-hydrogen) atoms. The van der Waals surface area contributed by atoms with Crippen molar-refractivity contribution in [1.82, 2.24) is 9.36 Å². The molecule has 1 aromatic heterocycles. The van der Waals surface area contributed by atoms with Gasteiger partial charge in [0, 0.05) is 37.3 Å². The number of cyclic esters (lactones) is 1. The molecule has 2 N–H and O–H groups in total. The molecule has 1 saturated heterocycles. The summed E-state index contributed by atoms with van der Waals surface area (Å²) < 4.78 is 39.1. The largest absolute Gasteiger partial charge is 0.444 e. The predicted octanol–water partition coefficient (Wildman–Crippen LogP) is 2.23. The molecule has 2 amide bonds. The second-order valence-electron chi connectivity index (χ2n) is 9.59. The summed E-state index contributed by atoms with van der Waals surface area (Å²) in [4.78, 5) is 50.8. The number of aliphatic hydroxyl groups is 1. The third-order valence-electron chi connectivity index (χ3n) is 6.94. The number of nitrogens with zero attached hydrogens (tertiary/aromatic N) is 4. The molecule has 0 bridgehead atoms. The highest BCUT2D eigenvalue weighted by molar-refractivity contribution is 5.94. The number of benzene rings is 2. The number of rotatable bonds is 7. The number of ether oxygens (including phenoxy) is 1. The topological polar surface area (TPSA) is 126 Å². The van der Waals surface area contributed by atoms with E-state index in [2.05, 4.69) is 5.32 Å². The highest BCUT2D eigenvalue weighted by Crippen LogP contribution is 2.32. The van der Waals surface area contributed by atoms with E-state index in [-0.39, 0.29) is 61.9 Å². The Hall–Kier alpha value is -4.26. The molecule has 0 unspecified atom stereocenters. The summed E-state index contributed by atoms with van der Waals surface area (Å²) in [7, 11) is 0. The van der Waals surface area contributed by atoms with Crippen molar-refractivity contribution in [2.75, 3.05) is 41.4 Å². The number of nitrogens with one attached hydrogen (secondary N) is 1. The number of anilines is 3. The summed E-state index contributed by atoms with van der Waals surface area (Å²) in [5.41, 5.74) is 0.438. The zero-order valence-corrected chi connectivity index (χ0v) is 21.2. The first kappa shape index (κ1) is 26.4. The second kappa shape index (κ2) is 10.5. The van der Waals surface area contributed by atoms with Crippen molar-refractivity contribution in [3.8, 4) is 0 Å². The van der Waals surface area contributed by atoms with Crippen LogP contribution in [0.5, 0.6) is 0 Å². The summed E-state index contributed by atoms with van der Waals surface area (Å²) in [6.45, 7) is 1.62. The van der Waals surface area contributed by atoms with Crippen LogP contribution in [0.2, 0.25) is 0 Å². The molecule has 1 atom stereocenters. The molecule has 3 aromatic rings. The average Bonchev–Trinajstić information content (AvgIpc) is 3.29. The molecule has 0 saturated carbocycles. The molecule has 206 valence electrons. The van der Waals surface area contributed by atoms with Gasteiger partial charge in [-0.2, -0.15) is 0 Å². The van der Waals surface area contributed by atoms with Gasteiger partial charge in [-0.1, -0.05) is 0 Å². The highest BCUT2D eigenvalue weighted by atomic mass is 19.1. The van der Waals surface area contributed by atoms with Gasteiger partial charge < -0.3 is 24.9 Å². The van der Waals surface area contributed by atoms with Gasteiger partial charge in [-0.3, -0.25) is 19.2 Å². The quantitative estimate of drug-likeness (QED) is 0.468. The fourth-order valence-corrected chi connectivity index (χ4v) is 5.08. The molecule has 2 aliphatic rings. The maximum Gasteiger partial charge on any atom is 0.414 e. The normalized spacial score (nSPS) is 17.2. The van der Waals surface area contributed by atoms with Crippen molar-refractivity contribution < 1.29 is 33.0 Å². The summed E-state index contributed by atoms with van der Waals surface area (Å²) in [5.74, 6) is -2.34. The van der Waals surface area contributed by atoms with Crippen LogP contribution in [0.4, 0.5) is 30.6 Å². The van der Waals surface area contributed by atoms with Gasteiger partial charge in [0.2, 0.25) is 5.91 Å². The predicted molar refractivity (Wildman–Crippen MR) is 138 cm³/mol. The van der Waals surface area contributed by atoms with Crippen LogP contribution in [-0.4, -0.2) is 64.6 Å². The minimum Gasteiger partial charge on any atom is -0.444 e. The van der Waals surface area contributed by atoms with Crippen molar-refractivity contribution in [3.05, 3.63) is 52.3 Å². The number of carbonyl (C=O) groups is 3.